The van der Waals surface area contributed by atoms with Gasteiger partial charge in [0.2, 0.25) is 5.91 Å². The molecule has 110 valence electrons. The molecule has 0 atom stereocenters. The first kappa shape index (κ1) is 13.8. The van der Waals surface area contributed by atoms with E-state index in [-0.39, 0.29) is 5.91 Å². The molecule has 3 rings (SSSR count). The topological polar surface area (TPSA) is 66.5 Å². The summed E-state index contributed by atoms with van der Waals surface area (Å²) in [6, 6.07) is 6.52. The Kier molecular flexibility index (Phi) is 3.27. The van der Waals surface area contributed by atoms with Crippen LogP contribution in [0.3, 0.4) is 0 Å². The summed E-state index contributed by atoms with van der Waals surface area (Å²) in [5, 5.41) is 2.36. The second-order valence-corrected chi connectivity index (χ2v) is 5.88. The van der Waals surface area contributed by atoms with Crippen LogP contribution in [0.25, 0.3) is 0 Å². The summed E-state index contributed by atoms with van der Waals surface area (Å²) in [6.07, 6.45) is 3.76. The van der Waals surface area contributed by atoms with Gasteiger partial charge in [-0.25, -0.2) is 9.69 Å². The first-order valence-electron chi connectivity index (χ1n) is 7.31. The molecule has 4 amide bonds. The van der Waals surface area contributed by atoms with E-state index < -0.39 is 17.4 Å². The number of amides is 4. The molecule has 1 aromatic carbocycles. The summed E-state index contributed by atoms with van der Waals surface area (Å²) in [5.41, 5.74) is 0.504. The van der Waals surface area contributed by atoms with Gasteiger partial charge in [-0.15, -0.1) is 0 Å². The Bertz CT molecular complexity index is 600. The fourth-order valence-electron chi connectivity index (χ4n) is 3.20. The predicted molar refractivity (Wildman–Crippen MR) is 77.7 cm³/mol. The Morgan fingerprint density at radius 3 is 2.24 bits per heavy atom. The molecule has 5 heteroatoms. The normalized spacial score (nSPS) is 21.6. The maximum atomic E-state index is 12.9. The van der Waals surface area contributed by atoms with Gasteiger partial charge in [0.05, 0.1) is 5.69 Å². The van der Waals surface area contributed by atoms with Crippen molar-refractivity contribution in [3.05, 3.63) is 29.8 Å². The number of anilines is 1. The van der Waals surface area contributed by atoms with Gasteiger partial charge in [0.1, 0.15) is 5.41 Å². The van der Waals surface area contributed by atoms with Gasteiger partial charge < -0.3 is 0 Å². The van der Waals surface area contributed by atoms with Gasteiger partial charge >= 0.3 is 6.03 Å². The smallest absolute Gasteiger partial charge is 0.276 e. The number of aryl methyl sites for hydroxylation is 1. The van der Waals surface area contributed by atoms with Crippen LogP contribution in [0.15, 0.2) is 24.3 Å². The lowest BCUT2D eigenvalue weighted by molar-refractivity contribution is -0.144. The lowest BCUT2D eigenvalue weighted by atomic mass is 9.71. The molecule has 1 spiro atoms. The number of rotatable bonds is 1. The second-order valence-electron chi connectivity index (χ2n) is 5.88. The van der Waals surface area contributed by atoms with Gasteiger partial charge in [-0.3, -0.25) is 14.9 Å². The highest BCUT2D eigenvalue weighted by atomic mass is 16.2. The van der Waals surface area contributed by atoms with Crippen molar-refractivity contribution in [1.82, 2.24) is 5.32 Å². The average molecular weight is 286 g/mol. The third-order valence-electron chi connectivity index (χ3n) is 4.47. The molecule has 1 aromatic rings. The number of carbonyl (C=O) groups is 3. The van der Waals surface area contributed by atoms with E-state index >= 15 is 0 Å². The maximum Gasteiger partial charge on any atom is 0.335 e. The van der Waals surface area contributed by atoms with Crippen molar-refractivity contribution in [2.45, 2.75) is 39.0 Å². The van der Waals surface area contributed by atoms with Crippen molar-refractivity contribution in [2.75, 3.05) is 4.90 Å². The fraction of sp³-hybridized carbons (Fsp3) is 0.438. The molecule has 2 aliphatic rings. The van der Waals surface area contributed by atoms with Crippen LogP contribution in [0, 0.1) is 12.3 Å². The van der Waals surface area contributed by atoms with Gasteiger partial charge in [0.15, 0.2) is 0 Å². The highest BCUT2D eigenvalue weighted by molar-refractivity contribution is 6.29. The molecular weight excluding hydrogens is 268 g/mol. The zero-order chi connectivity index (χ0) is 15.0. The molecule has 1 N–H and O–H groups in total. The zero-order valence-electron chi connectivity index (χ0n) is 12.0. The number of nitrogens with one attached hydrogen (secondary N) is 1. The number of imide groups is 2. The van der Waals surface area contributed by atoms with E-state index in [0.717, 1.165) is 29.7 Å². The number of carbonyl (C=O) groups excluding carboxylic acids is 3. The van der Waals surface area contributed by atoms with Crippen molar-refractivity contribution >= 4 is 23.5 Å². The second kappa shape index (κ2) is 4.98. The molecule has 1 aliphatic heterocycles. The number of benzene rings is 1. The third kappa shape index (κ3) is 2.13. The maximum absolute atomic E-state index is 12.9. The minimum Gasteiger partial charge on any atom is -0.276 e. The summed E-state index contributed by atoms with van der Waals surface area (Å²) in [4.78, 5) is 38.3. The Hall–Kier alpha value is -2.17. The molecule has 21 heavy (non-hydrogen) atoms. The van der Waals surface area contributed by atoms with E-state index in [4.69, 9.17) is 0 Å². The summed E-state index contributed by atoms with van der Waals surface area (Å²) < 4.78 is 0. The van der Waals surface area contributed by atoms with Crippen molar-refractivity contribution in [3.8, 4) is 0 Å². The number of nitrogens with zero attached hydrogens (tertiary/aromatic N) is 1. The van der Waals surface area contributed by atoms with Gasteiger partial charge in [-0.1, -0.05) is 37.0 Å². The van der Waals surface area contributed by atoms with E-state index in [9.17, 15) is 14.4 Å². The van der Waals surface area contributed by atoms with Crippen LogP contribution in [0.4, 0.5) is 10.5 Å². The quantitative estimate of drug-likeness (QED) is 0.807. The highest BCUT2D eigenvalue weighted by Crippen LogP contribution is 2.41. The average Bonchev–Trinajstić information content (AvgIpc) is 2.48. The van der Waals surface area contributed by atoms with Crippen molar-refractivity contribution in [2.24, 2.45) is 5.41 Å². The van der Waals surface area contributed by atoms with E-state index in [1.165, 1.54) is 0 Å². The zero-order valence-corrected chi connectivity index (χ0v) is 12.0. The minimum atomic E-state index is -1.06. The van der Waals surface area contributed by atoms with Crippen LogP contribution in [-0.2, 0) is 9.59 Å². The third-order valence-corrected chi connectivity index (χ3v) is 4.47. The van der Waals surface area contributed by atoms with Gasteiger partial charge in [0.25, 0.3) is 5.91 Å². The molecule has 0 aromatic heterocycles. The largest absolute Gasteiger partial charge is 0.335 e. The molecule has 1 aliphatic carbocycles. The van der Waals surface area contributed by atoms with Crippen LogP contribution >= 0.6 is 0 Å². The minimum absolute atomic E-state index is 0.375. The molecule has 0 bridgehead atoms. The number of hydrogen-bond donors (Lipinski definition) is 1. The summed E-state index contributed by atoms with van der Waals surface area (Å²) in [6.45, 7) is 1.94. The molecule has 1 saturated heterocycles. The number of barbiturate groups is 1. The molecule has 0 radical (unpaired) electrons. The Labute approximate surface area is 123 Å². The number of urea groups is 1. The molecule has 1 saturated carbocycles. The van der Waals surface area contributed by atoms with E-state index in [1.54, 1.807) is 12.1 Å². The van der Waals surface area contributed by atoms with E-state index in [0.29, 0.717) is 18.5 Å². The first-order valence-corrected chi connectivity index (χ1v) is 7.31. The highest BCUT2D eigenvalue weighted by Gasteiger charge is 2.54. The van der Waals surface area contributed by atoms with Crippen LogP contribution < -0.4 is 10.2 Å². The predicted octanol–water partition coefficient (Wildman–Crippen LogP) is 2.53. The number of hydrogen-bond acceptors (Lipinski definition) is 3. The Morgan fingerprint density at radius 1 is 1.00 bits per heavy atom. The summed E-state index contributed by atoms with van der Waals surface area (Å²) in [7, 11) is 0. The molecule has 2 fully saturated rings. The first-order chi connectivity index (χ1) is 10.0. The Morgan fingerprint density at radius 2 is 1.62 bits per heavy atom. The van der Waals surface area contributed by atoms with Crippen LogP contribution in [0.5, 0.6) is 0 Å². The summed E-state index contributed by atoms with van der Waals surface area (Å²) in [5.74, 6) is -0.805. The SMILES string of the molecule is Cc1ccc(N2C(=O)NC(=O)C3(CCCCC3)C2=O)cc1. The Balaban J connectivity index is 2.00. The standard InChI is InChI=1S/C16H18N2O3/c1-11-5-7-12(8-6-11)18-14(20)16(9-3-2-4-10-16)13(19)17-15(18)21/h5-8H,2-4,9-10H2,1H3,(H,17,19,21). The fourth-order valence-corrected chi connectivity index (χ4v) is 3.20. The van der Waals surface area contributed by atoms with Gasteiger partial charge in [0, 0.05) is 0 Å². The van der Waals surface area contributed by atoms with Crippen LogP contribution in [0.1, 0.15) is 37.7 Å². The lowest BCUT2D eigenvalue weighted by Crippen LogP contribution is -2.64. The molecular formula is C16H18N2O3. The monoisotopic (exact) mass is 286 g/mol. The van der Waals surface area contributed by atoms with E-state index in [1.807, 2.05) is 19.1 Å². The van der Waals surface area contributed by atoms with Crippen molar-refractivity contribution < 1.29 is 14.4 Å². The lowest BCUT2D eigenvalue weighted by Gasteiger charge is -2.41. The molecule has 5 nitrogen and oxygen atoms in total. The van der Waals surface area contributed by atoms with E-state index in [2.05, 4.69) is 5.32 Å². The van der Waals surface area contributed by atoms with Gasteiger partial charge in [-0.2, -0.15) is 0 Å². The van der Waals surface area contributed by atoms with Crippen LogP contribution in [-0.4, -0.2) is 17.8 Å². The van der Waals surface area contributed by atoms with Gasteiger partial charge in [-0.05, 0) is 31.9 Å². The van der Waals surface area contributed by atoms with Crippen molar-refractivity contribution in [1.29, 1.82) is 0 Å². The van der Waals surface area contributed by atoms with Crippen LogP contribution in [0.2, 0.25) is 0 Å². The van der Waals surface area contributed by atoms with Crippen molar-refractivity contribution in [3.63, 3.8) is 0 Å². The molecule has 0 unspecified atom stereocenters. The molecule has 1 heterocycles. The summed E-state index contributed by atoms with van der Waals surface area (Å²) >= 11 is 0.